The number of amides is 1. The average Bonchev–Trinajstić information content (AvgIpc) is 3.20. The van der Waals surface area contributed by atoms with Crippen molar-refractivity contribution in [2.24, 2.45) is 0 Å². The average molecular weight is 471 g/mol. The van der Waals surface area contributed by atoms with Crippen LogP contribution in [0.1, 0.15) is 15.9 Å². The van der Waals surface area contributed by atoms with Gasteiger partial charge in [0.05, 0.1) is 18.5 Å². The Balaban J connectivity index is 1.36. The molecule has 1 amide bonds. The first-order chi connectivity index (χ1) is 16.4. The minimum atomic E-state index is -3.51. The predicted octanol–water partition coefficient (Wildman–Crippen LogP) is 5.80. The van der Waals surface area contributed by atoms with E-state index >= 15 is 0 Å². The summed E-state index contributed by atoms with van der Waals surface area (Å²) in [5.41, 5.74) is 3.88. The first-order valence-electron chi connectivity index (χ1n) is 10.7. The lowest BCUT2D eigenvalue weighted by molar-refractivity contribution is 0.102. The number of sulfonamides is 1. The number of carbonyl (C=O) groups excluding carboxylic acids is 1. The van der Waals surface area contributed by atoms with Crippen LogP contribution < -0.4 is 9.62 Å². The maximum absolute atomic E-state index is 12.8. The molecule has 1 N–H and O–H groups in total. The predicted molar refractivity (Wildman–Crippen MR) is 136 cm³/mol. The van der Waals surface area contributed by atoms with E-state index in [1.165, 1.54) is 10.6 Å². The third kappa shape index (κ3) is 4.38. The third-order valence-electron chi connectivity index (χ3n) is 5.62. The van der Waals surface area contributed by atoms with Crippen molar-refractivity contribution in [3.05, 3.63) is 108 Å². The Hall–Kier alpha value is -4.10. The van der Waals surface area contributed by atoms with E-state index in [9.17, 15) is 13.2 Å². The second kappa shape index (κ2) is 8.68. The molecular formula is C27H22N2O4S. The number of nitrogens with zero attached hydrogens (tertiary/aromatic N) is 1. The maximum Gasteiger partial charge on any atom is 0.255 e. The summed E-state index contributed by atoms with van der Waals surface area (Å²) in [5.74, 6) is -0.295. The molecule has 1 aromatic heterocycles. The Morgan fingerprint density at radius 2 is 1.50 bits per heavy atom. The molecule has 34 heavy (non-hydrogen) atoms. The summed E-state index contributed by atoms with van der Waals surface area (Å²) < 4.78 is 32.0. The van der Waals surface area contributed by atoms with Crippen molar-refractivity contribution >= 4 is 49.2 Å². The summed E-state index contributed by atoms with van der Waals surface area (Å²) in [6.45, 7) is 0.211. The standard InChI is InChI=1S/C27H22N2O4S/c1-34(31,32)29(18-19-7-3-2-4-8-19)22-14-11-20(12-15-22)27(30)28-21-13-16-24-23-9-5-6-10-25(23)33-26(24)17-21/h2-17H,18H2,1H3,(H,28,30). The number of fused-ring (bicyclic) bond motifs is 3. The van der Waals surface area contributed by atoms with Crippen molar-refractivity contribution in [1.82, 2.24) is 0 Å². The lowest BCUT2D eigenvalue weighted by Crippen LogP contribution is -2.29. The summed E-state index contributed by atoms with van der Waals surface area (Å²) in [7, 11) is -3.51. The van der Waals surface area contributed by atoms with Crippen LogP contribution in [0.4, 0.5) is 11.4 Å². The minimum Gasteiger partial charge on any atom is -0.456 e. The van der Waals surface area contributed by atoms with E-state index in [-0.39, 0.29) is 12.5 Å². The summed E-state index contributed by atoms with van der Waals surface area (Å²) >= 11 is 0. The van der Waals surface area contributed by atoms with Crippen LogP contribution in [-0.2, 0) is 16.6 Å². The van der Waals surface area contributed by atoms with Crippen LogP contribution in [0.25, 0.3) is 21.9 Å². The van der Waals surface area contributed by atoms with Gasteiger partial charge in [-0.2, -0.15) is 0 Å². The first kappa shape index (κ1) is 21.7. The molecule has 6 nitrogen and oxygen atoms in total. The quantitative estimate of drug-likeness (QED) is 0.340. The van der Waals surface area contributed by atoms with Gasteiger partial charge in [-0.1, -0.05) is 48.5 Å². The molecule has 0 atom stereocenters. The smallest absolute Gasteiger partial charge is 0.255 e. The number of hydrogen-bond acceptors (Lipinski definition) is 4. The van der Waals surface area contributed by atoms with E-state index in [4.69, 9.17) is 4.42 Å². The number of furan rings is 1. The van der Waals surface area contributed by atoms with Gasteiger partial charge in [-0.25, -0.2) is 8.42 Å². The van der Waals surface area contributed by atoms with Gasteiger partial charge < -0.3 is 9.73 Å². The van der Waals surface area contributed by atoms with E-state index in [2.05, 4.69) is 5.32 Å². The summed E-state index contributed by atoms with van der Waals surface area (Å²) in [4.78, 5) is 12.8. The number of para-hydroxylation sites is 1. The molecule has 0 aliphatic carbocycles. The lowest BCUT2D eigenvalue weighted by atomic mass is 10.1. The molecule has 170 valence electrons. The second-order valence-electron chi connectivity index (χ2n) is 8.07. The number of benzene rings is 4. The third-order valence-corrected chi connectivity index (χ3v) is 6.76. The maximum atomic E-state index is 12.8. The van der Waals surface area contributed by atoms with Gasteiger partial charge >= 0.3 is 0 Å². The van der Waals surface area contributed by atoms with Crippen molar-refractivity contribution in [2.45, 2.75) is 6.54 Å². The van der Waals surface area contributed by atoms with Gasteiger partial charge in [0.25, 0.3) is 5.91 Å². The zero-order chi connectivity index (χ0) is 23.7. The monoisotopic (exact) mass is 470 g/mol. The highest BCUT2D eigenvalue weighted by Gasteiger charge is 2.18. The van der Waals surface area contributed by atoms with Crippen LogP contribution in [-0.4, -0.2) is 20.6 Å². The van der Waals surface area contributed by atoms with Gasteiger partial charge in [-0.15, -0.1) is 0 Å². The molecule has 0 saturated heterocycles. The molecule has 7 heteroatoms. The molecular weight excluding hydrogens is 448 g/mol. The van der Waals surface area contributed by atoms with Crippen molar-refractivity contribution in [2.75, 3.05) is 15.9 Å². The molecule has 5 rings (SSSR count). The molecule has 0 aliphatic rings. The Morgan fingerprint density at radius 1 is 0.824 bits per heavy atom. The van der Waals surface area contributed by atoms with Gasteiger partial charge in [0, 0.05) is 28.1 Å². The molecule has 5 aromatic rings. The topological polar surface area (TPSA) is 79.6 Å². The highest BCUT2D eigenvalue weighted by Crippen LogP contribution is 2.30. The van der Waals surface area contributed by atoms with E-state index in [1.54, 1.807) is 30.3 Å². The Bertz CT molecular complexity index is 1590. The van der Waals surface area contributed by atoms with E-state index < -0.39 is 10.0 Å². The molecule has 0 saturated carbocycles. The van der Waals surface area contributed by atoms with Crippen molar-refractivity contribution in [3.63, 3.8) is 0 Å². The van der Waals surface area contributed by atoms with Gasteiger partial charge in [0.15, 0.2) is 0 Å². The van der Waals surface area contributed by atoms with Crippen LogP contribution in [0.3, 0.4) is 0 Å². The fourth-order valence-electron chi connectivity index (χ4n) is 3.94. The van der Waals surface area contributed by atoms with Crippen molar-refractivity contribution < 1.29 is 17.6 Å². The fraction of sp³-hybridized carbons (Fsp3) is 0.0741. The Kier molecular flexibility index (Phi) is 5.55. The van der Waals surface area contributed by atoms with Gasteiger partial charge in [-0.3, -0.25) is 9.10 Å². The normalized spacial score (nSPS) is 11.6. The zero-order valence-corrected chi connectivity index (χ0v) is 19.2. The molecule has 0 radical (unpaired) electrons. The van der Waals surface area contributed by atoms with Crippen molar-refractivity contribution in [3.8, 4) is 0 Å². The number of carbonyl (C=O) groups is 1. The van der Waals surface area contributed by atoms with E-state index in [0.717, 1.165) is 21.9 Å². The molecule has 0 bridgehead atoms. The van der Waals surface area contributed by atoms with Gasteiger partial charge in [0.2, 0.25) is 10.0 Å². The molecule has 0 unspecified atom stereocenters. The number of rotatable bonds is 6. The molecule has 0 aliphatic heterocycles. The van der Waals surface area contributed by atoms with Crippen LogP contribution in [0.5, 0.6) is 0 Å². The summed E-state index contributed by atoms with van der Waals surface area (Å²) in [6.07, 6.45) is 1.17. The SMILES string of the molecule is CS(=O)(=O)N(Cc1ccccc1)c1ccc(C(=O)Nc2ccc3c(c2)oc2ccccc23)cc1. The second-order valence-corrected chi connectivity index (χ2v) is 9.97. The molecule has 4 aromatic carbocycles. The highest BCUT2D eigenvalue weighted by atomic mass is 32.2. The van der Waals surface area contributed by atoms with Crippen molar-refractivity contribution in [1.29, 1.82) is 0 Å². The largest absolute Gasteiger partial charge is 0.456 e. The first-order valence-corrected chi connectivity index (χ1v) is 12.6. The molecule has 1 heterocycles. The van der Waals surface area contributed by atoms with Crippen LogP contribution in [0.2, 0.25) is 0 Å². The highest BCUT2D eigenvalue weighted by molar-refractivity contribution is 7.92. The minimum absolute atomic E-state index is 0.211. The van der Waals surface area contributed by atoms with Crippen LogP contribution in [0.15, 0.2) is 101 Å². The Labute approximate surface area is 197 Å². The van der Waals surface area contributed by atoms with Crippen LogP contribution >= 0.6 is 0 Å². The summed E-state index contributed by atoms with van der Waals surface area (Å²) in [6, 6.07) is 29.2. The van der Waals surface area contributed by atoms with Gasteiger partial charge in [-0.05, 0) is 48.0 Å². The number of nitrogens with one attached hydrogen (secondary N) is 1. The molecule has 0 fully saturated rings. The lowest BCUT2D eigenvalue weighted by Gasteiger charge is -2.22. The fourth-order valence-corrected chi connectivity index (χ4v) is 4.82. The number of hydrogen-bond donors (Lipinski definition) is 1. The Morgan fingerprint density at radius 3 is 2.24 bits per heavy atom. The van der Waals surface area contributed by atoms with E-state index in [1.807, 2.05) is 66.7 Å². The number of anilines is 2. The summed E-state index contributed by atoms with van der Waals surface area (Å²) in [5, 5.41) is 4.89. The molecule has 0 spiro atoms. The van der Waals surface area contributed by atoms with E-state index in [0.29, 0.717) is 22.5 Å². The van der Waals surface area contributed by atoms with Gasteiger partial charge in [0.1, 0.15) is 11.2 Å². The zero-order valence-electron chi connectivity index (χ0n) is 18.4. The van der Waals surface area contributed by atoms with Crippen LogP contribution in [0, 0.1) is 0 Å².